The van der Waals surface area contributed by atoms with E-state index in [2.05, 4.69) is 22.1 Å². The quantitative estimate of drug-likeness (QED) is 0.196. The van der Waals surface area contributed by atoms with Gasteiger partial charge in [-0.25, -0.2) is 4.39 Å². The first-order chi connectivity index (χ1) is 15.8. The van der Waals surface area contributed by atoms with Crippen LogP contribution < -0.4 is 0 Å². The molecule has 0 unspecified atom stereocenters. The van der Waals surface area contributed by atoms with Gasteiger partial charge in [-0.2, -0.15) is 0 Å². The summed E-state index contributed by atoms with van der Waals surface area (Å²) in [6, 6.07) is 34.0. The average molecular weight is 609 g/mol. The molecule has 0 aliphatic heterocycles. The van der Waals surface area contributed by atoms with Gasteiger partial charge in [0.1, 0.15) is 11.4 Å². The summed E-state index contributed by atoms with van der Waals surface area (Å²) < 4.78 is 18.9. The summed E-state index contributed by atoms with van der Waals surface area (Å²) in [6.07, 6.45) is 3.53. The molecule has 0 saturated heterocycles. The minimum atomic E-state index is -0.300. The first-order valence-electron chi connectivity index (χ1n) is 10.1. The third-order valence-electron chi connectivity index (χ3n) is 4.96. The monoisotopic (exact) mass is 609 g/mol. The van der Waals surface area contributed by atoms with Crippen LogP contribution in [0.5, 0.6) is 0 Å². The maximum Gasteiger partial charge on any atom is 0.126 e. The van der Waals surface area contributed by atoms with Gasteiger partial charge < -0.3 is 14.4 Å². The van der Waals surface area contributed by atoms with Crippen LogP contribution >= 0.6 is 0 Å². The molecule has 0 atom stereocenters. The number of halogens is 1. The zero-order valence-electron chi connectivity index (χ0n) is 17.3. The first kappa shape index (κ1) is 22.5. The molecule has 1 radical (unpaired) electrons. The Hall–Kier alpha value is -3.66. The van der Waals surface area contributed by atoms with Gasteiger partial charge >= 0.3 is 0 Å². The Kier molecular flexibility index (Phi) is 7.04. The predicted octanol–water partition coefficient (Wildman–Crippen LogP) is 7.13. The van der Waals surface area contributed by atoms with E-state index in [0.717, 1.165) is 33.3 Å². The summed E-state index contributed by atoms with van der Waals surface area (Å²) in [6.45, 7) is 0. The predicted molar refractivity (Wildman–Crippen MR) is 124 cm³/mol. The Morgan fingerprint density at radius 1 is 0.667 bits per heavy atom. The summed E-state index contributed by atoms with van der Waals surface area (Å²) >= 11 is 0. The van der Waals surface area contributed by atoms with Crippen molar-refractivity contribution < 1.29 is 28.9 Å². The molecule has 0 spiro atoms. The van der Waals surface area contributed by atoms with E-state index in [1.54, 1.807) is 24.5 Å². The summed E-state index contributed by atoms with van der Waals surface area (Å²) in [5, 5.41) is 1.84. The number of aromatic nitrogens is 2. The average Bonchev–Trinajstić information content (AvgIpc) is 3.23. The first-order valence-corrected chi connectivity index (χ1v) is 10.1. The molecule has 3 aromatic heterocycles. The van der Waals surface area contributed by atoms with Crippen LogP contribution in [0.2, 0.25) is 0 Å². The number of pyridine rings is 2. The minimum Gasteiger partial charge on any atom is -0.500 e. The number of rotatable bonds is 2. The number of nitrogens with zero attached hydrogens (tertiary/aromatic N) is 2. The Bertz CT molecular complexity index is 1430. The molecule has 0 fully saturated rings. The van der Waals surface area contributed by atoms with Crippen LogP contribution in [0.15, 0.2) is 108 Å². The van der Waals surface area contributed by atoms with Crippen LogP contribution in [0.4, 0.5) is 4.39 Å². The molecule has 3 aromatic carbocycles. The van der Waals surface area contributed by atoms with E-state index in [9.17, 15) is 4.39 Å². The Morgan fingerprint density at radius 2 is 1.39 bits per heavy atom. The Morgan fingerprint density at radius 3 is 2.06 bits per heavy atom. The van der Waals surface area contributed by atoms with E-state index < -0.39 is 0 Å². The fraction of sp³-hybridized carbons (Fsp3) is 0. The van der Waals surface area contributed by atoms with Crippen molar-refractivity contribution in [3.63, 3.8) is 0 Å². The molecule has 163 valence electrons. The molecule has 0 aliphatic rings. The van der Waals surface area contributed by atoms with E-state index in [-0.39, 0.29) is 25.9 Å². The zero-order chi connectivity index (χ0) is 21.8. The number of furan rings is 1. The third-order valence-corrected chi connectivity index (χ3v) is 4.96. The van der Waals surface area contributed by atoms with E-state index in [1.165, 1.54) is 12.1 Å². The van der Waals surface area contributed by atoms with Gasteiger partial charge in [0.15, 0.2) is 0 Å². The molecule has 0 amide bonds. The molecule has 0 saturated carbocycles. The molecule has 0 aliphatic carbocycles. The largest absolute Gasteiger partial charge is 0.500 e. The second-order valence-electron chi connectivity index (χ2n) is 7.07. The van der Waals surface area contributed by atoms with Gasteiger partial charge in [0.25, 0.3) is 0 Å². The Balaban J connectivity index is 0.000000172. The molecular formula is C28H17FIrN2O-2. The standard InChI is InChI=1S/C17H9FNO.C11H8N.Ir/c18-12-5-6-13-14-9-11(15-3-1-2-8-19-15)4-7-16(14)20-17(13)10-12;1-2-6-10(7-3-1)11-8-4-5-9-12-11;/h1-3,5-10H;1-6,8-9H;/q2*-1;. The van der Waals surface area contributed by atoms with Crippen LogP contribution in [-0.4, -0.2) is 9.97 Å². The summed E-state index contributed by atoms with van der Waals surface area (Å²) in [7, 11) is 0. The minimum absolute atomic E-state index is 0. The fourth-order valence-electron chi connectivity index (χ4n) is 3.44. The molecular weight excluding hydrogens is 592 g/mol. The van der Waals surface area contributed by atoms with Crippen LogP contribution in [0, 0.1) is 17.9 Å². The number of benzene rings is 3. The second kappa shape index (κ2) is 10.3. The van der Waals surface area contributed by atoms with Gasteiger partial charge in [-0.1, -0.05) is 29.7 Å². The van der Waals surface area contributed by atoms with Crippen LogP contribution in [0.3, 0.4) is 0 Å². The van der Waals surface area contributed by atoms with E-state index >= 15 is 0 Å². The molecule has 3 heterocycles. The summed E-state index contributed by atoms with van der Waals surface area (Å²) in [5.74, 6) is -0.300. The molecule has 6 aromatic rings. The van der Waals surface area contributed by atoms with Crippen LogP contribution in [-0.2, 0) is 20.1 Å². The number of hydrogen-bond acceptors (Lipinski definition) is 3. The number of fused-ring (bicyclic) bond motifs is 3. The van der Waals surface area contributed by atoms with E-state index in [1.807, 2.05) is 66.7 Å². The topological polar surface area (TPSA) is 38.9 Å². The third kappa shape index (κ3) is 5.06. The summed E-state index contributed by atoms with van der Waals surface area (Å²) in [4.78, 5) is 8.53. The molecule has 3 nitrogen and oxygen atoms in total. The van der Waals surface area contributed by atoms with Gasteiger partial charge in [-0.05, 0) is 35.7 Å². The van der Waals surface area contributed by atoms with Crippen molar-refractivity contribution in [1.82, 2.24) is 9.97 Å². The van der Waals surface area contributed by atoms with Crippen molar-refractivity contribution in [2.75, 3.05) is 0 Å². The van der Waals surface area contributed by atoms with Gasteiger partial charge in [-0.3, -0.25) is 0 Å². The van der Waals surface area contributed by atoms with Crippen molar-refractivity contribution in [1.29, 1.82) is 0 Å². The molecule has 6 rings (SSSR count). The maximum absolute atomic E-state index is 13.2. The molecule has 5 heteroatoms. The Labute approximate surface area is 204 Å². The van der Waals surface area contributed by atoms with Crippen molar-refractivity contribution in [3.05, 3.63) is 121 Å². The van der Waals surface area contributed by atoms with E-state index in [0.29, 0.717) is 11.2 Å². The fourth-order valence-corrected chi connectivity index (χ4v) is 3.44. The van der Waals surface area contributed by atoms with Crippen molar-refractivity contribution in [2.45, 2.75) is 0 Å². The molecule has 0 bridgehead atoms. The second-order valence-corrected chi connectivity index (χ2v) is 7.07. The van der Waals surface area contributed by atoms with Crippen LogP contribution in [0.1, 0.15) is 0 Å². The SMILES string of the molecule is Fc1ccc2c(c1)oc1c[c-]c(-c3ccccn3)cc12.[Ir].[c-]1ccccc1-c1ccccn1. The van der Waals surface area contributed by atoms with Gasteiger partial charge in [-0.15, -0.1) is 59.7 Å². The van der Waals surface area contributed by atoms with Crippen molar-refractivity contribution in [2.24, 2.45) is 0 Å². The normalized spacial score (nSPS) is 10.3. The molecule has 0 N–H and O–H groups in total. The van der Waals surface area contributed by atoms with Crippen molar-refractivity contribution >= 4 is 21.9 Å². The van der Waals surface area contributed by atoms with Crippen LogP contribution in [0.25, 0.3) is 44.5 Å². The van der Waals surface area contributed by atoms with Gasteiger partial charge in [0.2, 0.25) is 0 Å². The smallest absolute Gasteiger partial charge is 0.126 e. The van der Waals surface area contributed by atoms with Gasteiger partial charge in [0, 0.05) is 44.0 Å². The maximum atomic E-state index is 13.2. The van der Waals surface area contributed by atoms with Gasteiger partial charge in [0.05, 0.1) is 5.58 Å². The van der Waals surface area contributed by atoms with Crippen molar-refractivity contribution in [3.8, 4) is 22.5 Å². The summed E-state index contributed by atoms with van der Waals surface area (Å²) in [5.41, 5.74) is 5.00. The molecule has 33 heavy (non-hydrogen) atoms. The zero-order valence-corrected chi connectivity index (χ0v) is 19.7. The number of hydrogen-bond donors (Lipinski definition) is 0. The van der Waals surface area contributed by atoms with E-state index in [4.69, 9.17) is 4.42 Å².